The third-order valence-electron chi connectivity index (χ3n) is 2.01. The predicted octanol–water partition coefficient (Wildman–Crippen LogP) is -0.287. The van der Waals surface area contributed by atoms with Crippen LogP contribution in [-0.2, 0) is 19.0 Å². The van der Waals surface area contributed by atoms with Crippen LogP contribution in [-0.4, -0.2) is 49.2 Å². The highest BCUT2D eigenvalue weighted by Gasteiger charge is 2.44. The molecule has 0 spiro atoms. The van der Waals surface area contributed by atoms with E-state index in [1.165, 1.54) is 7.11 Å². The minimum atomic E-state index is -0.850. The molecule has 5 nitrogen and oxygen atoms in total. The zero-order chi connectivity index (χ0) is 10.8. The molecule has 0 aliphatic carbocycles. The van der Waals surface area contributed by atoms with Crippen molar-refractivity contribution in [1.29, 1.82) is 0 Å². The van der Waals surface area contributed by atoms with Crippen LogP contribution in [0.5, 0.6) is 0 Å². The van der Waals surface area contributed by atoms with Gasteiger partial charge in [-0.1, -0.05) is 0 Å². The van der Waals surface area contributed by atoms with E-state index in [-0.39, 0.29) is 6.61 Å². The quantitative estimate of drug-likeness (QED) is 0.638. The minimum absolute atomic E-state index is 0.119. The second kappa shape index (κ2) is 4.35. The van der Waals surface area contributed by atoms with Crippen LogP contribution in [0.15, 0.2) is 0 Å². The Morgan fingerprint density at radius 2 is 2.21 bits per heavy atom. The number of rotatable bonds is 4. The summed E-state index contributed by atoms with van der Waals surface area (Å²) in [5.41, 5.74) is 0. The molecule has 0 radical (unpaired) electrons. The van der Waals surface area contributed by atoms with Crippen molar-refractivity contribution in [2.75, 3.05) is 13.7 Å². The normalized spacial score (nSPS) is 32.9. The minimum Gasteiger partial charge on any atom is -0.388 e. The lowest BCUT2D eigenvalue weighted by molar-refractivity contribution is -0.159. The summed E-state index contributed by atoms with van der Waals surface area (Å²) in [6.07, 6.45) is -1.59. The molecule has 14 heavy (non-hydrogen) atoms. The zero-order valence-corrected chi connectivity index (χ0v) is 8.60. The highest BCUT2D eigenvalue weighted by molar-refractivity contribution is 5.58. The van der Waals surface area contributed by atoms with Crippen LogP contribution in [0.4, 0.5) is 0 Å². The van der Waals surface area contributed by atoms with E-state index in [9.17, 15) is 9.90 Å². The number of carbonyl (C=O) groups is 1. The first-order valence-electron chi connectivity index (χ1n) is 4.48. The molecule has 1 heterocycles. The van der Waals surface area contributed by atoms with Crippen LogP contribution >= 0.6 is 0 Å². The highest BCUT2D eigenvalue weighted by Crippen LogP contribution is 2.28. The van der Waals surface area contributed by atoms with E-state index in [1.807, 2.05) is 0 Å². The molecule has 0 bridgehead atoms. The molecule has 5 heteroatoms. The van der Waals surface area contributed by atoms with Crippen molar-refractivity contribution in [3.05, 3.63) is 0 Å². The lowest BCUT2D eigenvalue weighted by atomic mass is 10.1. The second-order valence-corrected chi connectivity index (χ2v) is 3.72. The number of carbonyl (C=O) groups excluding carboxylic acids is 1. The van der Waals surface area contributed by atoms with Crippen LogP contribution in [0.3, 0.4) is 0 Å². The van der Waals surface area contributed by atoms with Gasteiger partial charge in [-0.2, -0.15) is 0 Å². The molecule has 3 atom stereocenters. The number of methoxy groups -OCH3 is 1. The molecule has 0 aromatic rings. The lowest BCUT2D eigenvalue weighted by Crippen LogP contribution is -2.38. The fraction of sp³-hybridized carbons (Fsp3) is 0.889. The highest BCUT2D eigenvalue weighted by atomic mass is 16.8. The molecule has 82 valence electrons. The summed E-state index contributed by atoms with van der Waals surface area (Å²) in [5.74, 6) is -0.828. The maximum atomic E-state index is 10.7. The Kier molecular flexibility index (Phi) is 3.60. The number of hydrogen-bond donors (Lipinski definition) is 1. The molecule has 1 rings (SSSR count). The van der Waals surface area contributed by atoms with Gasteiger partial charge in [0, 0.05) is 7.11 Å². The van der Waals surface area contributed by atoms with Crippen LogP contribution in [0.2, 0.25) is 0 Å². The fourth-order valence-electron chi connectivity index (χ4n) is 1.49. The summed E-state index contributed by atoms with van der Waals surface area (Å²) in [7, 11) is 1.47. The molecule has 0 saturated carbocycles. The van der Waals surface area contributed by atoms with Crippen molar-refractivity contribution < 1.29 is 24.1 Å². The van der Waals surface area contributed by atoms with Crippen molar-refractivity contribution in [2.45, 2.75) is 37.9 Å². The lowest BCUT2D eigenvalue weighted by Gasteiger charge is -2.20. The van der Waals surface area contributed by atoms with Crippen LogP contribution < -0.4 is 0 Å². The van der Waals surface area contributed by atoms with E-state index < -0.39 is 24.1 Å². The molecule has 1 aliphatic rings. The first-order chi connectivity index (χ1) is 6.50. The monoisotopic (exact) mass is 204 g/mol. The second-order valence-electron chi connectivity index (χ2n) is 3.72. The number of aliphatic hydroxyl groups excluding tert-OH is 1. The van der Waals surface area contributed by atoms with E-state index in [4.69, 9.17) is 14.2 Å². The Labute approximate surface area is 82.9 Å². The van der Waals surface area contributed by atoms with Gasteiger partial charge in [0.05, 0.1) is 6.61 Å². The molecule has 1 fully saturated rings. The molecule has 0 aromatic carbocycles. The summed E-state index contributed by atoms with van der Waals surface area (Å²) >= 11 is 0. The van der Waals surface area contributed by atoms with E-state index in [0.717, 1.165) is 0 Å². The maximum absolute atomic E-state index is 10.7. The van der Waals surface area contributed by atoms with Crippen molar-refractivity contribution >= 4 is 6.29 Å². The van der Waals surface area contributed by atoms with Gasteiger partial charge < -0.3 is 24.1 Å². The van der Waals surface area contributed by atoms with Crippen molar-refractivity contribution in [3.63, 3.8) is 0 Å². The van der Waals surface area contributed by atoms with Gasteiger partial charge in [-0.05, 0) is 13.8 Å². The van der Waals surface area contributed by atoms with Crippen LogP contribution in [0, 0.1) is 0 Å². The van der Waals surface area contributed by atoms with Crippen LogP contribution in [0.25, 0.3) is 0 Å². The van der Waals surface area contributed by atoms with Crippen molar-refractivity contribution in [2.24, 2.45) is 0 Å². The Bertz CT molecular complexity index is 203. The summed E-state index contributed by atoms with van der Waals surface area (Å²) in [6.45, 7) is 3.51. The molecular formula is C9H16O5. The summed E-state index contributed by atoms with van der Waals surface area (Å²) in [4.78, 5) is 10.7. The van der Waals surface area contributed by atoms with Crippen molar-refractivity contribution in [3.8, 4) is 0 Å². The Morgan fingerprint density at radius 1 is 1.57 bits per heavy atom. The molecule has 0 aromatic heterocycles. The molecule has 1 saturated heterocycles. The Hall–Kier alpha value is -0.490. The predicted molar refractivity (Wildman–Crippen MR) is 47.8 cm³/mol. The van der Waals surface area contributed by atoms with Gasteiger partial charge in [-0.3, -0.25) is 0 Å². The number of aliphatic hydroxyl groups is 1. The average molecular weight is 204 g/mol. The number of aldehydes is 1. The Balaban J connectivity index is 2.63. The van der Waals surface area contributed by atoms with E-state index in [1.54, 1.807) is 13.8 Å². The van der Waals surface area contributed by atoms with Crippen LogP contribution in [0.1, 0.15) is 13.8 Å². The van der Waals surface area contributed by atoms with Gasteiger partial charge in [-0.25, -0.2) is 0 Å². The van der Waals surface area contributed by atoms with Gasteiger partial charge in [0.1, 0.15) is 18.3 Å². The fourth-order valence-corrected chi connectivity index (χ4v) is 1.49. The maximum Gasteiger partial charge on any atom is 0.164 e. The summed E-state index contributed by atoms with van der Waals surface area (Å²) < 4.78 is 15.4. The first kappa shape index (κ1) is 11.6. The van der Waals surface area contributed by atoms with Gasteiger partial charge in [0.25, 0.3) is 0 Å². The molecular weight excluding hydrogens is 188 g/mol. The topological polar surface area (TPSA) is 65.0 Å². The Morgan fingerprint density at radius 3 is 2.71 bits per heavy atom. The van der Waals surface area contributed by atoms with E-state index in [0.29, 0.717) is 6.29 Å². The van der Waals surface area contributed by atoms with Gasteiger partial charge in [-0.15, -0.1) is 0 Å². The summed E-state index contributed by atoms with van der Waals surface area (Å²) in [6, 6.07) is 0. The smallest absolute Gasteiger partial charge is 0.164 e. The standard InChI is InChI=1S/C9H16O5/c1-9(2)13-7(4-10)8(14-9)6(11)5-12-3/h4,6-8,11H,5H2,1-3H3/t6-,7-,8+/m0/s1. The molecule has 0 amide bonds. The van der Waals surface area contributed by atoms with Gasteiger partial charge in [0.15, 0.2) is 12.1 Å². The zero-order valence-electron chi connectivity index (χ0n) is 8.60. The molecule has 1 N–H and O–H groups in total. The first-order valence-corrected chi connectivity index (χ1v) is 4.48. The number of ether oxygens (including phenoxy) is 3. The third-order valence-corrected chi connectivity index (χ3v) is 2.01. The average Bonchev–Trinajstić information content (AvgIpc) is 2.41. The van der Waals surface area contributed by atoms with E-state index in [2.05, 4.69) is 0 Å². The van der Waals surface area contributed by atoms with E-state index >= 15 is 0 Å². The largest absolute Gasteiger partial charge is 0.388 e. The molecule has 1 aliphatic heterocycles. The third kappa shape index (κ3) is 2.51. The van der Waals surface area contributed by atoms with Gasteiger partial charge >= 0.3 is 0 Å². The van der Waals surface area contributed by atoms with Crippen molar-refractivity contribution in [1.82, 2.24) is 0 Å². The number of hydrogen-bond acceptors (Lipinski definition) is 5. The SMILES string of the molecule is COC[C@H](O)[C@H]1OC(C)(C)O[C@H]1C=O. The molecule has 0 unspecified atom stereocenters. The van der Waals surface area contributed by atoms with Gasteiger partial charge in [0.2, 0.25) is 0 Å². The summed E-state index contributed by atoms with van der Waals surface area (Å²) in [5, 5.41) is 9.59.